The fourth-order valence-electron chi connectivity index (χ4n) is 1.83. The summed E-state index contributed by atoms with van der Waals surface area (Å²) in [5.74, 6) is 0.830. The molecule has 1 N–H and O–H groups in total. The lowest BCUT2D eigenvalue weighted by Gasteiger charge is -2.11. The van der Waals surface area contributed by atoms with E-state index in [1.54, 1.807) is 13.3 Å². The molecule has 20 heavy (non-hydrogen) atoms. The molecule has 1 heterocycles. The van der Waals surface area contributed by atoms with Crippen LogP contribution in [0.4, 0.5) is 0 Å². The van der Waals surface area contributed by atoms with Gasteiger partial charge >= 0.3 is 0 Å². The summed E-state index contributed by atoms with van der Waals surface area (Å²) in [7, 11) is 5.81. The molecule has 0 fully saturated rings. The Morgan fingerprint density at radius 3 is 2.80 bits per heavy atom. The van der Waals surface area contributed by atoms with Gasteiger partial charge in [-0.15, -0.1) is 0 Å². The van der Waals surface area contributed by atoms with E-state index in [2.05, 4.69) is 55.4 Å². The molecule has 0 aliphatic carbocycles. The molecule has 1 rings (SSSR count). The molecule has 0 unspecified atom stereocenters. The molecule has 0 amide bonds. The average molecular weight is 280 g/mol. The van der Waals surface area contributed by atoms with Crippen LogP contribution >= 0.6 is 0 Å². The molecule has 5 heteroatoms. The quantitative estimate of drug-likeness (QED) is 0.701. The van der Waals surface area contributed by atoms with Crippen molar-refractivity contribution in [3.63, 3.8) is 0 Å². The molecule has 5 nitrogen and oxygen atoms in total. The van der Waals surface area contributed by atoms with E-state index in [9.17, 15) is 0 Å². The summed E-state index contributed by atoms with van der Waals surface area (Å²) in [6, 6.07) is 0.531. The number of nitrogens with one attached hydrogen (secondary N) is 1. The van der Waals surface area contributed by atoms with Crippen LogP contribution in [0.15, 0.2) is 12.3 Å². The van der Waals surface area contributed by atoms with Crippen molar-refractivity contribution in [3.05, 3.63) is 18.0 Å². The SMILES string of the molecule is COc1cnn(CCN(C)C)c1/C=C/CCNC(C)C. The number of methoxy groups -OCH3 is 1. The van der Waals surface area contributed by atoms with Crippen LogP contribution in [0.2, 0.25) is 0 Å². The smallest absolute Gasteiger partial charge is 0.164 e. The lowest BCUT2D eigenvalue weighted by atomic mass is 10.3. The highest BCUT2D eigenvalue weighted by Gasteiger charge is 2.08. The van der Waals surface area contributed by atoms with E-state index in [0.717, 1.165) is 37.5 Å². The maximum Gasteiger partial charge on any atom is 0.164 e. The summed E-state index contributed by atoms with van der Waals surface area (Å²) in [6.45, 7) is 7.12. The first kappa shape index (κ1) is 16.7. The maximum atomic E-state index is 5.36. The summed E-state index contributed by atoms with van der Waals surface area (Å²) in [4.78, 5) is 2.15. The lowest BCUT2D eigenvalue weighted by Crippen LogP contribution is -2.23. The Balaban J connectivity index is 2.61. The summed E-state index contributed by atoms with van der Waals surface area (Å²) >= 11 is 0. The van der Waals surface area contributed by atoms with Gasteiger partial charge in [-0.1, -0.05) is 19.9 Å². The molecular weight excluding hydrogens is 252 g/mol. The number of ether oxygens (including phenoxy) is 1. The summed E-state index contributed by atoms with van der Waals surface area (Å²) in [6.07, 6.45) is 7.05. The Kier molecular flexibility index (Phi) is 7.33. The van der Waals surface area contributed by atoms with Crippen LogP contribution < -0.4 is 10.1 Å². The van der Waals surface area contributed by atoms with Gasteiger partial charge < -0.3 is 15.0 Å². The highest BCUT2D eigenvalue weighted by atomic mass is 16.5. The first-order valence-electron chi connectivity index (χ1n) is 7.19. The van der Waals surface area contributed by atoms with Crippen molar-refractivity contribution < 1.29 is 4.74 Å². The predicted octanol–water partition coefficient (Wildman–Crippen LogP) is 1.85. The van der Waals surface area contributed by atoms with Crippen LogP contribution in [0.3, 0.4) is 0 Å². The van der Waals surface area contributed by atoms with Crippen molar-refractivity contribution in [1.82, 2.24) is 20.0 Å². The molecule has 114 valence electrons. The molecular formula is C15H28N4O. The third-order valence-corrected chi connectivity index (χ3v) is 2.96. The van der Waals surface area contributed by atoms with Crippen LogP contribution in [-0.2, 0) is 6.54 Å². The first-order chi connectivity index (χ1) is 9.54. The zero-order valence-electron chi connectivity index (χ0n) is 13.4. The fraction of sp³-hybridized carbons (Fsp3) is 0.667. The van der Waals surface area contributed by atoms with Crippen molar-refractivity contribution in [3.8, 4) is 5.75 Å². The van der Waals surface area contributed by atoms with Gasteiger partial charge in [0.2, 0.25) is 0 Å². The number of rotatable bonds is 9. The van der Waals surface area contributed by atoms with E-state index in [4.69, 9.17) is 4.74 Å². The molecule has 1 aromatic heterocycles. The molecule has 0 aromatic carbocycles. The second-order valence-corrected chi connectivity index (χ2v) is 5.42. The Bertz CT molecular complexity index is 410. The van der Waals surface area contributed by atoms with Crippen molar-refractivity contribution in [1.29, 1.82) is 0 Å². The molecule has 0 saturated carbocycles. The van der Waals surface area contributed by atoms with E-state index in [-0.39, 0.29) is 0 Å². The molecule has 0 aliphatic rings. The van der Waals surface area contributed by atoms with E-state index in [0.29, 0.717) is 6.04 Å². The van der Waals surface area contributed by atoms with E-state index >= 15 is 0 Å². The van der Waals surface area contributed by atoms with E-state index in [1.165, 1.54) is 0 Å². The van der Waals surface area contributed by atoms with Crippen molar-refractivity contribution >= 4 is 6.08 Å². The largest absolute Gasteiger partial charge is 0.493 e. The standard InChI is InChI=1S/C15H28N4O/c1-13(2)16-9-7-6-8-14-15(20-5)12-17-19(14)11-10-18(3)4/h6,8,12-13,16H,7,9-11H2,1-5H3/b8-6+. The molecule has 0 aliphatic heterocycles. The van der Waals surface area contributed by atoms with Gasteiger partial charge in [0.05, 0.1) is 19.9 Å². The molecule has 0 saturated heterocycles. The summed E-state index contributed by atoms with van der Waals surface area (Å²) in [5.41, 5.74) is 1.04. The van der Waals surface area contributed by atoms with Crippen molar-refractivity contribution in [2.45, 2.75) is 32.9 Å². The normalized spacial score (nSPS) is 11.9. The molecule has 0 atom stereocenters. The van der Waals surface area contributed by atoms with Crippen LogP contribution in [0, 0.1) is 0 Å². The topological polar surface area (TPSA) is 42.3 Å². The predicted molar refractivity (Wildman–Crippen MR) is 84.1 cm³/mol. The Morgan fingerprint density at radius 2 is 2.20 bits per heavy atom. The number of hydrogen-bond donors (Lipinski definition) is 1. The van der Waals surface area contributed by atoms with Gasteiger partial charge in [0.15, 0.2) is 5.75 Å². The van der Waals surface area contributed by atoms with Crippen LogP contribution in [0.5, 0.6) is 5.75 Å². The highest BCUT2D eigenvalue weighted by molar-refractivity contribution is 5.52. The van der Waals surface area contributed by atoms with Gasteiger partial charge in [0.1, 0.15) is 5.69 Å². The monoisotopic (exact) mass is 280 g/mol. The minimum absolute atomic E-state index is 0.531. The minimum Gasteiger partial charge on any atom is -0.493 e. The molecule has 1 aromatic rings. The summed E-state index contributed by atoms with van der Waals surface area (Å²) < 4.78 is 7.36. The van der Waals surface area contributed by atoms with Gasteiger partial charge in [0.25, 0.3) is 0 Å². The third kappa shape index (κ3) is 5.75. The fourth-order valence-corrected chi connectivity index (χ4v) is 1.83. The molecule has 0 radical (unpaired) electrons. The number of hydrogen-bond acceptors (Lipinski definition) is 4. The Morgan fingerprint density at radius 1 is 1.45 bits per heavy atom. The lowest BCUT2D eigenvalue weighted by molar-refractivity contribution is 0.370. The van der Waals surface area contributed by atoms with Gasteiger partial charge in [-0.05, 0) is 33.1 Å². The molecule has 0 bridgehead atoms. The Labute approximate surface area is 122 Å². The van der Waals surface area contributed by atoms with E-state index in [1.807, 2.05) is 4.68 Å². The van der Waals surface area contributed by atoms with Gasteiger partial charge in [-0.2, -0.15) is 5.10 Å². The van der Waals surface area contributed by atoms with Crippen LogP contribution in [0.25, 0.3) is 6.08 Å². The van der Waals surface area contributed by atoms with Gasteiger partial charge in [0, 0.05) is 12.6 Å². The Hall–Kier alpha value is -1.33. The van der Waals surface area contributed by atoms with Gasteiger partial charge in [-0.3, -0.25) is 4.68 Å². The highest BCUT2D eigenvalue weighted by Crippen LogP contribution is 2.19. The first-order valence-corrected chi connectivity index (χ1v) is 7.19. The average Bonchev–Trinajstić information content (AvgIpc) is 2.77. The third-order valence-electron chi connectivity index (χ3n) is 2.96. The zero-order valence-corrected chi connectivity index (χ0v) is 13.4. The second-order valence-electron chi connectivity index (χ2n) is 5.42. The van der Waals surface area contributed by atoms with Crippen molar-refractivity contribution in [2.75, 3.05) is 34.3 Å². The van der Waals surface area contributed by atoms with E-state index < -0.39 is 0 Å². The van der Waals surface area contributed by atoms with Crippen LogP contribution in [-0.4, -0.2) is 55.0 Å². The van der Waals surface area contributed by atoms with Crippen molar-refractivity contribution in [2.24, 2.45) is 0 Å². The molecule has 0 spiro atoms. The number of nitrogens with zero attached hydrogens (tertiary/aromatic N) is 3. The number of aromatic nitrogens is 2. The second kappa shape index (κ2) is 8.76. The number of likely N-dealkylation sites (N-methyl/N-ethyl adjacent to an activating group) is 1. The maximum absolute atomic E-state index is 5.36. The van der Waals surface area contributed by atoms with Gasteiger partial charge in [-0.25, -0.2) is 0 Å². The zero-order chi connectivity index (χ0) is 15.0. The summed E-state index contributed by atoms with van der Waals surface area (Å²) in [5, 5.41) is 7.78. The minimum atomic E-state index is 0.531. The van der Waals surface area contributed by atoms with Crippen LogP contribution in [0.1, 0.15) is 26.0 Å².